The molecule has 3 rings (SSSR count). The lowest BCUT2D eigenvalue weighted by Gasteiger charge is -2.17. The van der Waals surface area contributed by atoms with Gasteiger partial charge < -0.3 is 4.42 Å². The van der Waals surface area contributed by atoms with Crippen molar-refractivity contribution >= 4 is 34.0 Å². The molecule has 0 radical (unpaired) electrons. The van der Waals surface area contributed by atoms with Gasteiger partial charge in [0.2, 0.25) is 5.89 Å². The third-order valence-electron chi connectivity index (χ3n) is 2.51. The van der Waals surface area contributed by atoms with E-state index >= 15 is 0 Å². The topological polar surface area (TPSA) is 38.9 Å². The van der Waals surface area contributed by atoms with Gasteiger partial charge in [0, 0.05) is 22.0 Å². The molecule has 0 N–H and O–H groups in total. The van der Waals surface area contributed by atoms with Crippen LogP contribution in [-0.2, 0) is 0 Å². The molecular weight excluding hydrogens is 252 g/mol. The summed E-state index contributed by atoms with van der Waals surface area (Å²) in [5, 5.41) is 2.92. The lowest BCUT2D eigenvalue weighted by atomic mass is 9.91. The molecule has 17 heavy (non-hydrogen) atoms. The minimum atomic E-state index is -0.0198. The lowest BCUT2D eigenvalue weighted by Crippen LogP contribution is -2.13. The summed E-state index contributed by atoms with van der Waals surface area (Å²) >= 11 is 6.99. The fraction of sp³-hybridized carbons (Fsp3) is 0.0833. The van der Waals surface area contributed by atoms with Crippen molar-refractivity contribution < 1.29 is 4.42 Å². The number of nitrogens with zero attached hydrogens (tertiary/aromatic N) is 2. The number of hydrogen-bond acceptors (Lipinski definition) is 5. The average molecular weight is 260 g/mol. The monoisotopic (exact) mass is 260 g/mol. The molecule has 0 aromatic carbocycles. The molecule has 0 aliphatic heterocycles. The van der Waals surface area contributed by atoms with Gasteiger partial charge in [-0.1, -0.05) is 24.4 Å². The maximum absolute atomic E-state index is 5.40. The molecule has 2 aromatic rings. The highest BCUT2D eigenvalue weighted by atomic mass is 32.1. The minimum Gasteiger partial charge on any atom is -0.445 e. The number of oxazole rings is 1. The lowest BCUT2D eigenvalue weighted by molar-refractivity contribution is 0.539. The van der Waals surface area contributed by atoms with E-state index < -0.39 is 0 Å². The van der Waals surface area contributed by atoms with Crippen LogP contribution in [0.3, 0.4) is 0 Å². The highest BCUT2D eigenvalue weighted by Crippen LogP contribution is 2.36. The van der Waals surface area contributed by atoms with Crippen LogP contribution >= 0.6 is 23.6 Å². The second-order valence-corrected chi connectivity index (χ2v) is 4.92. The zero-order valence-electron chi connectivity index (χ0n) is 8.74. The van der Waals surface area contributed by atoms with E-state index in [1.54, 1.807) is 30.0 Å². The van der Waals surface area contributed by atoms with Gasteiger partial charge in [-0.25, -0.2) is 9.97 Å². The predicted molar refractivity (Wildman–Crippen MR) is 71.1 cm³/mol. The summed E-state index contributed by atoms with van der Waals surface area (Å²) in [6.45, 7) is 0. The van der Waals surface area contributed by atoms with Crippen molar-refractivity contribution in [3.8, 4) is 0 Å². The van der Waals surface area contributed by atoms with E-state index in [9.17, 15) is 0 Å². The van der Waals surface area contributed by atoms with Gasteiger partial charge in [-0.3, -0.25) is 0 Å². The van der Waals surface area contributed by atoms with Gasteiger partial charge in [-0.05, 0) is 6.08 Å². The number of thiocarbonyl (C=S) groups is 1. The van der Waals surface area contributed by atoms with Crippen LogP contribution in [0.25, 0.3) is 5.57 Å². The van der Waals surface area contributed by atoms with Crippen LogP contribution in [0.1, 0.15) is 16.8 Å². The first-order valence-corrected chi connectivity index (χ1v) is 6.36. The summed E-state index contributed by atoms with van der Waals surface area (Å²) in [5.41, 5.74) is 0.970. The number of hydrogen-bond donors (Lipinski definition) is 0. The van der Waals surface area contributed by atoms with Gasteiger partial charge in [0.1, 0.15) is 11.3 Å². The normalized spacial score (nSPS) is 19.4. The van der Waals surface area contributed by atoms with Gasteiger partial charge in [0.15, 0.2) is 0 Å². The Kier molecular flexibility index (Phi) is 2.70. The third-order valence-corrected chi connectivity index (χ3v) is 3.72. The Balaban J connectivity index is 2.08. The molecular formula is C12H8N2OS2. The van der Waals surface area contributed by atoms with Gasteiger partial charge >= 0.3 is 0 Å². The van der Waals surface area contributed by atoms with Crippen LogP contribution < -0.4 is 0 Å². The van der Waals surface area contributed by atoms with E-state index in [1.165, 1.54) is 0 Å². The molecule has 0 saturated carbocycles. The molecule has 1 unspecified atom stereocenters. The molecule has 0 saturated heterocycles. The number of thiazole rings is 1. The summed E-state index contributed by atoms with van der Waals surface area (Å²) in [4.78, 5) is 9.36. The standard InChI is InChI=1S/C12H8N2OS2/c16-9-3-1-2-8(11-13-4-6-15-11)10(9)12-14-5-7-17-12/h1-7,10H. The predicted octanol–water partition coefficient (Wildman–Crippen LogP) is 3.24. The molecule has 0 spiro atoms. The van der Waals surface area contributed by atoms with E-state index in [1.807, 2.05) is 23.6 Å². The van der Waals surface area contributed by atoms with Crippen molar-refractivity contribution in [2.45, 2.75) is 5.92 Å². The van der Waals surface area contributed by atoms with Crippen molar-refractivity contribution in [3.63, 3.8) is 0 Å². The van der Waals surface area contributed by atoms with Crippen LogP contribution in [0.2, 0.25) is 0 Å². The Morgan fingerprint density at radius 1 is 1.29 bits per heavy atom. The molecule has 0 bridgehead atoms. The zero-order chi connectivity index (χ0) is 11.7. The van der Waals surface area contributed by atoms with Crippen molar-refractivity contribution in [2.75, 3.05) is 0 Å². The summed E-state index contributed by atoms with van der Waals surface area (Å²) in [6, 6.07) is 0. The summed E-state index contributed by atoms with van der Waals surface area (Å²) in [5.74, 6) is 0.588. The van der Waals surface area contributed by atoms with E-state index in [2.05, 4.69) is 9.97 Å². The first-order chi connectivity index (χ1) is 8.36. The summed E-state index contributed by atoms with van der Waals surface area (Å²) in [7, 11) is 0. The van der Waals surface area contributed by atoms with Gasteiger partial charge in [-0.2, -0.15) is 0 Å². The molecule has 2 aromatic heterocycles. The fourth-order valence-electron chi connectivity index (χ4n) is 1.78. The maximum Gasteiger partial charge on any atom is 0.222 e. The maximum atomic E-state index is 5.40. The Labute approximate surface area is 108 Å². The second kappa shape index (κ2) is 4.35. The fourth-order valence-corrected chi connectivity index (χ4v) is 2.95. The molecule has 3 nitrogen and oxygen atoms in total. The van der Waals surface area contributed by atoms with Gasteiger partial charge in [0.05, 0.1) is 12.1 Å². The van der Waals surface area contributed by atoms with Crippen molar-refractivity contribution in [1.29, 1.82) is 0 Å². The smallest absolute Gasteiger partial charge is 0.222 e. The molecule has 84 valence electrons. The number of aromatic nitrogens is 2. The first kappa shape index (κ1) is 10.6. The molecule has 0 amide bonds. The summed E-state index contributed by atoms with van der Waals surface area (Å²) in [6.07, 6.45) is 10.8. The van der Waals surface area contributed by atoms with Crippen LogP contribution in [-0.4, -0.2) is 14.8 Å². The highest BCUT2D eigenvalue weighted by molar-refractivity contribution is 7.81. The largest absolute Gasteiger partial charge is 0.445 e. The van der Waals surface area contributed by atoms with Crippen LogP contribution in [0.5, 0.6) is 0 Å². The van der Waals surface area contributed by atoms with Gasteiger partial charge in [0.25, 0.3) is 0 Å². The average Bonchev–Trinajstić information content (AvgIpc) is 3.02. The third kappa shape index (κ3) is 1.87. The quantitative estimate of drug-likeness (QED) is 0.777. The van der Waals surface area contributed by atoms with E-state index in [4.69, 9.17) is 16.6 Å². The minimum absolute atomic E-state index is 0.0198. The molecule has 0 fully saturated rings. The second-order valence-electron chi connectivity index (χ2n) is 3.52. The van der Waals surface area contributed by atoms with E-state index in [0.29, 0.717) is 5.89 Å². The number of rotatable bonds is 2. The van der Waals surface area contributed by atoms with Crippen molar-refractivity contribution in [2.24, 2.45) is 0 Å². The Morgan fingerprint density at radius 2 is 2.24 bits per heavy atom. The first-order valence-electron chi connectivity index (χ1n) is 5.07. The molecule has 1 atom stereocenters. The molecule has 5 heteroatoms. The summed E-state index contributed by atoms with van der Waals surface area (Å²) < 4.78 is 5.35. The Hall–Kier alpha value is -1.59. The van der Waals surface area contributed by atoms with Gasteiger partial charge in [-0.15, -0.1) is 11.3 Å². The molecule has 1 aliphatic rings. The Bertz CT molecular complexity index is 582. The Morgan fingerprint density at radius 3 is 2.94 bits per heavy atom. The number of allylic oxidation sites excluding steroid dienone is 4. The van der Waals surface area contributed by atoms with Crippen LogP contribution in [0.4, 0.5) is 0 Å². The van der Waals surface area contributed by atoms with Crippen LogP contribution in [0.15, 0.2) is 46.7 Å². The molecule has 1 aliphatic carbocycles. The highest BCUT2D eigenvalue weighted by Gasteiger charge is 2.27. The van der Waals surface area contributed by atoms with Crippen molar-refractivity contribution in [1.82, 2.24) is 9.97 Å². The van der Waals surface area contributed by atoms with Crippen LogP contribution in [0, 0.1) is 0 Å². The zero-order valence-corrected chi connectivity index (χ0v) is 10.4. The SMILES string of the molecule is S=C1C=CC=C(c2ncco2)C1c1nccs1. The van der Waals surface area contributed by atoms with Crippen molar-refractivity contribution in [3.05, 3.63) is 53.2 Å². The van der Waals surface area contributed by atoms with E-state index in [-0.39, 0.29) is 5.92 Å². The van der Waals surface area contributed by atoms with E-state index in [0.717, 1.165) is 15.4 Å². The molecule has 2 heterocycles.